The van der Waals surface area contributed by atoms with Gasteiger partial charge in [0.15, 0.2) is 0 Å². The van der Waals surface area contributed by atoms with Crippen molar-refractivity contribution in [1.82, 2.24) is 5.32 Å². The van der Waals surface area contributed by atoms with Crippen molar-refractivity contribution in [2.75, 3.05) is 13.7 Å². The van der Waals surface area contributed by atoms with Crippen LogP contribution in [0.4, 0.5) is 4.39 Å². The smallest absolute Gasteiger partial charge is 0.258 e. The van der Waals surface area contributed by atoms with Crippen LogP contribution in [0.2, 0.25) is 0 Å². The minimum atomic E-state index is -0.616. The first-order valence-electron chi connectivity index (χ1n) is 5.26. The zero-order chi connectivity index (χ0) is 13.1. The van der Waals surface area contributed by atoms with Crippen molar-refractivity contribution in [3.8, 4) is 5.75 Å². The molecule has 1 aromatic carbocycles. The first-order chi connectivity index (χ1) is 7.91. The van der Waals surface area contributed by atoms with Crippen molar-refractivity contribution in [1.29, 1.82) is 0 Å². The molecule has 0 fully saturated rings. The zero-order valence-electron chi connectivity index (χ0n) is 10.2. The zero-order valence-corrected chi connectivity index (χ0v) is 10.2. The van der Waals surface area contributed by atoms with Gasteiger partial charge in [0.2, 0.25) is 0 Å². The van der Waals surface area contributed by atoms with E-state index in [0.717, 1.165) is 0 Å². The number of nitrogens with one attached hydrogen (secondary N) is 1. The Kier molecular flexibility index (Phi) is 4.07. The van der Waals surface area contributed by atoms with Crippen molar-refractivity contribution in [2.24, 2.45) is 5.73 Å². The topological polar surface area (TPSA) is 64.3 Å². The Labute approximate surface area is 100.0 Å². The van der Waals surface area contributed by atoms with Crippen molar-refractivity contribution < 1.29 is 13.9 Å². The van der Waals surface area contributed by atoms with E-state index in [-0.39, 0.29) is 17.9 Å². The molecule has 0 bridgehead atoms. The van der Waals surface area contributed by atoms with Crippen LogP contribution in [-0.4, -0.2) is 25.1 Å². The van der Waals surface area contributed by atoms with Crippen LogP contribution in [-0.2, 0) is 0 Å². The molecule has 0 spiro atoms. The van der Waals surface area contributed by atoms with Crippen LogP contribution in [0.25, 0.3) is 0 Å². The molecule has 1 rings (SSSR count). The lowest BCUT2D eigenvalue weighted by molar-refractivity contribution is 0.0908. The van der Waals surface area contributed by atoms with Crippen LogP contribution in [0.3, 0.4) is 0 Å². The Balaban J connectivity index is 3.04. The second kappa shape index (κ2) is 5.14. The fourth-order valence-electron chi connectivity index (χ4n) is 1.32. The molecule has 0 radical (unpaired) electrons. The van der Waals surface area contributed by atoms with Gasteiger partial charge >= 0.3 is 0 Å². The third-order valence-electron chi connectivity index (χ3n) is 2.38. The summed E-state index contributed by atoms with van der Waals surface area (Å²) in [5, 5.41) is 2.65. The van der Waals surface area contributed by atoms with Gasteiger partial charge in [0.25, 0.3) is 5.91 Å². The molecular weight excluding hydrogens is 223 g/mol. The SMILES string of the molecule is COc1cccc(F)c1C(=O)NC(C)(C)CN. The van der Waals surface area contributed by atoms with E-state index in [0.29, 0.717) is 0 Å². The molecule has 17 heavy (non-hydrogen) atoms. The van der Waals surface area contributed by atoms with Gasteiger partial charge in [-0.3, -0.25) is 4.79 Å². The highest BCUT2D eigenvalue weighted by molar-refractivity contribution is 5.97. The van der Waals surface area contributed by atoms with Crippen LogP contribution in [0.15, 0.2) is 18.2 Å². The third-order valence-corrected chi connectivity index (χ3v) is 2.38. The first-order valence-corrected chi connectivity index (χ1v) is 5.26. The standard InChI is InChI=1S/C12H17FN2O2/c1-12(2,7-14)15-11(16)10-8(13)5-4-6-9(10)17-3/h4-6H,7,14H2,1-3H3,(H,15,16). The number of hydrogen-bond acceptors (Lipinski definition) is 3. The highest BCUT2D eigenvalue weighted by Gasteiger charge is 2.23. The van der Waals surface area contributed by atoms with Crippen molar-refractivity contribution in [3.05, 3.63) is 29.6 Å². The summed E-state index contributed by atoms with van der Waals surface area (Å²) in [6.07, 6.45) is 0. The summed E-state index contributed by atoms with van der Waals surface area (Å²) in [6, 6.07) is 4.24. The van der Waals surface area contributed by atoms with Gasteiger partial charge in [0.05, 0.1) is 7.11 Å². The summed E-state index contributed by atoms with van der Waals surface area (Å²) >= 11 is 0. The van der Waals surface area contributed by atoms with Crippen molar-refractivity contribution in [2.45, 2.75) is 19.4 Å². The Morgan fingerprint density at radius 2 is 2.18 bits per heavy atom. The van der Waals surface area contributed by atoms with Gasteiger partial charge in [0.1, 0.15) is 17.1 Å². The molecule has 0 saturated carbocycles. The molecule has 0 aliphatic rings. The normalized spacial score (nSPS) is 11.1. The van der Waals surface area contributed by atoms with Gasteiger partial charge < -0.3 is 15.8 Å². The van der Waals surface area contributed by atoms with Gasteiger partial charge in [-0.15, -0.1) is 0 Å². The summed E-state index contributed by atoms with van der Waals surface area (Å²) in [5.41, 5.74) is 4.81. The van der Waals surface area contributed by atoms with E-state index in [9.17, 15) is 9.18 Å². The van der Waals surface area contributed by atoms with Crippen molar-refractivity contribution in [3.63, 3.8) is 0 Å². The third kappa shape index (κ3) is 3.17. The van der Waals surface area contributed by atoms with Crippen LogP contribution in [0.5, 0.6) is 5.75 Å². The highest BCUT2D eigenvalue weighted by Crippen LogP contribution is 2.21. The second-order valence-electron chi connectivity index (χ2n) is 4.36. The summed E-state index contributed by atoms with van der Waals surface area (Å²) in [6.45, 7) is 3.78. The maximum Gasteiger partial charge on any atom is 0.258 e. The number of ether oxygens (including phenoxy) is 1. The molecule has 4 nitrogen and oxygen atoms in total. The van der Waals surface area contributed by atoms with E-state index in [1.807, 2.05) is 0 Å². The van der Waals surface area contributed by atoms with Gasteiger partial charge in [0, 0.05) is 12.1 Å². The van der Waals surface area contributed by atoms with Gasteiger partial charge in [-0.05, 0) is 26.0 Å². The molecule has 0 aliphatic carbocycles. The number of nitrogens with two attached hydrogens (primary N) is 1. The molecule has 0 aromatic heterocycles. The maximum atomic E-state index is 13.6. The maximum absolute atomic E-state index is 13.6. The van der Waals surface area contributed by atoms with Gasteiger partial charge in [-0.1, -0.05) is 6.07 Å². The number of hydrogen-bond donors (Lipinski definition) is 2. The van der Waals surface area contributed by atoms with E-state index in [1.54, 1.807) is 13.8 Å². The molecule has 1 aromatic rings. The largest absolute Gasteiger partial charge is 0.496 e. The summed E-state index contributed by atoms with van der Waals surface area (Å²) < 4.78 is 18.6. The molecule has 0 atom stereocenters. The lowest BCUT2D eigenvalue weighted by Gasteiger charge is -2.24. The number of rotatable bonds is 4. The minimum absolute atomic E-state index is 0.100. The summed E-state index contributed by atoms with van der Waals surface area (Å²) in [7, 11) is 1.39. The summed E-state index contributed by atoms with van der Waals surface area (Å²) in [4.78, 5) is 11.9. The predicted molar refractivity (Wildman–Crippen MR) is 63.6 cm³/mol. The number of carbonyl (C=O) groups is 1. The van der Waals surface area contributed by atoms with E-state index in [2.05, 4.69) is 5.32 Å². The lowest BCUT2D eigenvalue weighted by Crippen LogP contribution is -2.49. The molecule has 1 amide bonds. The monoisotopic (exact) mass is 240 g/mol. The van der Waals surface area contributed by atoms with E-state index in [1.165, 1.54) is 25.3 Å². The number of benzene rings is 1. The van der Waals surface area contributed by atoms with E-state index in [4.69, 9.17) is 10.5 Å². The van der Waals surface area contributed by atoms with E-state index >= 15 is 0 Å². The Bertz CT molecular complexity index is 419. The lowest BCUT2D eigenvalue weighted by atomic mass is 10.0. The molecular formula is C12H17FN2O2. The number of methoxy groups -OCH3 is 1. The van der Waals surface area contributed by atoms with Crippen LogP contribution in [0.1, 0.15) is 24.2 Å². The first kappa shape index (κ1) is 13.4. The predicted octanol–water partition coefficient (Wildman–Crippen LogP) is 1.30. The average molecular weight is 240 g/mol. The fraction of sp³-hybridized carbons (Fsp3) is 0.417. The van der Waals surface area contributed by atoms with Gasteiger partial charge in [-0.2, -0.15) is 0 Å². The minimum Gasteiger partial charge on any atom is -0.496 e. The average Bonchev–Trinajstić information content (AvgIpc) is 2.27. The van der Waals surface area contributed by atoms with Crippen molar-refractivity contribution >= 4 is 5.91 Å². The van der Waals surface area contributed by atoms with E-state index < -0.39 is 17.3 Å². The molecule has 0 aliphatic heterocycles. The number of carbonyl (C=O) groups excluding carboxylic acids is 1. The second-order valence-corrected chi connectivity index (χ2v) is 4.36. The molecule has 3 N–H and O–H groups in total. The quantitative estimate of drug-likeness (QED) is 0.833. The van der Waals surface area contributed by atoms with Gasteiger partial charge in [-0.25, -0.2) is 4.39 Å². The Morgan fingerprint density at radius 3 is 2.71 bits per heavy atom. The molecule has 94 valence electrons. The fourth-order valence-corrected chi connectivity index (χ4v) is 1.32. The molecule has 0 saturated heterocycles. The Hall–Kier alpha value is -1.62. The number of halogens is 1. The molecule has 5 heteroatoms. The highest BCUT2D eigenvalue weighted by atomic mass is 19.1. The number of amides is 1. The Morgan fingerprint density at radius 1 is 1.53 bits per heavy atom. The van der Waals surface area contributed by atoms with Crippen LogP contribution in [0, 0.1) is 5.82 Å². The van der Waals surface area contributed by atoms with Crippen LogP contribution >= 0.6 is 0 Å². The van der Waals surface area contributed by atoms with Crippen LogP contribution < -0.4 is 15.8 Å². The summed E-state index contributed by atoms with van der Waals surface area (Å²) in [5.74, 6) is -0.944. The molecule has 0 unspecified atom stereocenters. The molecule has 0 heterocycles.